The van der Waals surface area contributed by atoms with Gasteiger partial charge in [-0.25, -0.2) is 0 Å². The van der Waals surface area contributed by atoms with Crippen LogP contribution in [0.25, 0.3) is 0 Å². The van der Waals surface area contributed by atoms with E-state index in [1.54, 1.807) is 0 Å². The van der Waals surface area contributed by atoms with Crippen molar-refractivity contribution in [2.24, 2.45) is 0 Å². The molecule has 37 heavy (non-hydrogen) atoms. The van der Waals surface area contributed by atoms with Crippen molar-refractivity contribution in [1.82, 2.24) is 8.02 Å². The van der Waals surface area contributed by atoms with Gasteiger partial charge in [0.15, 0.2) is 0 Å². The summed E-state index contributed by atoms with van der Waals surface area (Å²) in [5.74, 6) is 0. The molecule has 1 heterocycles. The van der Waals surface area contributed by atoms with Crippen LogP contribution in [0, 0.1) is 0 Å². The molecule has 196 valence electrons. The predicted molar refractivity (Wildman–Crippen MR) is 162 cm³/mol. The van der Waals surface area contributed by atoms with Gasteiger partial charge in [0, 0.05) is 0 Å². The Morgan fingerprint density at radius 1 is 0.568 bits per heavy atom. The Labute approximate surface area is 230 Å². The number of benzene rings is 3. The second kappa shape index (κ2) is 13.6. The van der Waals surface area contributed by atoms with Gasteiger partial charge in [0.2, 0.25) is 0 Å². The molecule has 0 amide bonds. The van der Waals surface area contributed by atoms with Crippen LogP contribution in [0.2, 0.25) is 13.3 Å². The Hall–Kier alpha value is -2.20. The van der Waals surface area contributed by atoms with Crippen molar-refractivity contribution in [2.45, 2.75) is 78.1 Å². The van der Waals surface area contributed by atoms with Crippen molar-refractivity contribution in [1.29, 1.82) is 0 Å². The zero-order valence-electron chi connectivity index (χ0n) is 23.3. The summed E-state index contributed by atoms with van der Waals surface area (Å²) in [6, 6.07) is 33.5. The fourth-order valence-corrected chi connectivity index (χ4v) is 22.0. The Morgan fingerprint density at radius 3 is 1.30 bits per heavy atom. The quantitative estimate of drug-likeness (QED) is 0.134. The molecule has 0 aliphatic carbocycles. The van der Waals surface area contributed by atoms with E-state index in [0.29, 0.717) is 0 Å². The van der Waals surface area contributed by atoms with Gasteiger partial charge in [-0.3, -0.25) is 0 Å². The molecule has 0 radical (unpaired) electrons. The van der Waals surface area contributed by atoms with Crippen molar-refractivity contribution in [3.63, 3.8) is 0 Å². The van der Waals surface area contributed by atoms with Crippen LogP contribution in [0.4, 0.5) is 0 Å². The van der Waals surface area contributed by atoms with E-state index in [-0.39, 0.29) is 5.54 Å². The van der Waals surface area contributed by atoms with Gasteiger partial charge in [-0.15, -0.1) is 0 Å². The van der Waals surface area contributed by atoms with Gasteiger partial charge >= 0.3 is 232 Å². The summed E-state index contributed by atoms with van der Waals surface area (Å²) in [5, 5.41) is 0. The van der Waals surface area contributed by atoms with Crippen molar-refractivity contribution >= 4 is 18.7 Å². The van der Waals surface area contributed by atoms with E-state index in [1.165, 1.54) is 68.5 Å². The van der Waals surface area contributed by atoms with Crippen molar-refractivity contribution in [2.75, 3.05) is 6.67 Å². The molecule has 0 aromatic heterocycles. The molecule has 3 aromatic carbocycles. The Morgan fingerprint density at radius 2 is 0.946 bits per heavy atom. The molecule has 0 unspecified atom stereocenters. The normalized spacial score (nSPS) is 13.9. The van der Waals surface area contributed by atoms with Gasteiger partial charge in [-0.05, 0) is 0 Å². The number of hydrogen-bond acceptors (Lipinski definition) is 2. The number of hydrogen-bond donors (Lipinski definition) is 0. The summed E-state index contributed by atoms with van der Waals surface area (Å²) < 4.78 is 7.38. The summed E-state index contributed by atoms with van der Waals surface area (Å²) in [4.78, 5) is 2.66. The molecule has 0 saturated heterocycles. The first-order valence-corrected chi connectivity index (χ1v) is 21.9. The molecule has 3 aromatic rings. The van der Waals surface area contributed by atoms with Crippen LogP contribution in [0.5, 0.6) is 0 Å². The second-order valence-electron chi connectivity index (χ2n) is 10.7. The first-order valence-electron chi connectivity index (χ1n) is 14.6. The van der Waals surface area contributed by atoms with E-state index >= 15 is 0 Å². The second-order valence-corrected chi connectivity index (χ2v) is 23.6. The summed E-state index contributed by atoms with van der Waals surface area (Å²) in [6.45, 7) is 8.10. The average molecular weight is 601 g/mol. The van der Waals surface area contributed by atoms with Crippen molar-refractivity contribution in [3.05, 3.63) is 120 Å². The van der Waals surface area contributed by atoms with Crippen LogP contribution in [-0.4, -0.2) is 33.3 Å². The van der Waals surface area contributed by atoms with E-state index < -0.39 is 18.7 Å². The maximum atomic E-state index is 2.93. The van der Waals surface area contributed by atoms with Gasteiger partial charge in [-0.1, -0.05) is 0 Å². The Bertz CT molecular complexity index is 962. The molecular formula is C34H46N2Sn. The molecule has 0 saturated carbocycles. The first-order chi connectivity index (χ1) is 18.2. The van der Waals surface area contributed by atoms with Crippen LogP contribution in [0.3, 0.4) is 0 Å². The fraction of sp³-hybridized carbons (Fsp3) is 0.412. The maximum absolute atomic E-state index is 2.93. The topological polar surface area (TPSA) is 6.48 Å². The van der Waals surface area contributed by atoms with Gasteiger partial charge in [0.25, 0.3) is 0 Å². The van der Waals surface area contributed by atoms with E-state index in [1.807, 2.05) is 0 Å². The van der Waals surface area contributed by atoms with Crippen LogP contribution < -0.4 is 0 Å². The molecule has 2 nitrogen and oxygen atoms in total. The van der Waals surface area contributed by atoms with E-state index in [2.05, 4.69) is 132 Å². The van der Waals surface area contributed by atoms with E-state index in [0.717, 1.165) is 6.67 Å². The van der Waals surface area contributed by atoms with Crippen LogP contribution >= 0.6 is 0 Å². The summed E-state index contributed by atoms with van der Waals surface area (Å²) >= 11 is -2.60. The molecule has 0 atom stereocenters. The van der Waals surface area contributed by atoms with E-state index in [4.69, 9.17) is 0 Å². The minimum absolute atomic E-state index is 0.368. The zero-order chi connectivity index (χ0) is 26.0. The average Bonchev–Trinajstić information content (AvgIpc) is 3.46. The number of nitrogens with zero attached hydrogens (tertiary/aromatic N) is 2. The van der Waals surface area contributed by atoms with Gasteiger partial charge < -0.3 is 0 Å². The molecule has 1 aliphatic rings. The zero-order valence-corrected chi connectivity index (χ0v) is 26.1. The molecule has 1 aliphatic heterocycles. The first kappa shape index (κ1) is 27.8. The van der Waals surface area contributed by atoms with Crippen LogP contribution in [0.1, 0.15) is 76.0 Å². The molecule has 0 spiro atoms. The number of rotatable bonds is 14. The Balaban J connectivity index is 1.83. The SMILES string of the molecule is CCC[CH2][Sn]([CH2]CCC)([CH2]CCC)[N]1C=CN(C(c2ccccc2)(c2ccccc2)c2ccccc2)C1. The number of unbranched alkanes of at least 4 members (excludes halogenated alkanes) is 3. The molecule has 0 N–H and O–H groups in total. The monoisotopic (exact) mass is 602 g/mol. The van der Waals surface area contributed by atoms with Crippen LogP contribution in [-0.2, 0) is 5.54 Å². The third kappa shape index (κ3) is 5.95. The third-order valence-electron chi connectivity index (χ3n) is 8.33. The van der Waals surface area contributed by atoms with Crippen LogP contribution in [0.15, 0.2) is 103 Å². The molecule has 0 bridgehead atoms. The van der Waals surface area contributed by atoms with Gasteiger partial charge in [-0.2, -0.15) is 0 Å². The van der Waals surface area contributed by atoms with Gasteiger partial charge in [0.05, 0.1) is 0 Å². The molecular weight excluding hydrogens is 555 g/mol. The minimum atomic E-state index is -2.60. The van der Waals surface area contributed by atoms with E-state index in [9.17, 15) is 0 Å². The molecule has 3 heteroatoms. The third-order valence-corrected chi connectivity index (χ3v) is 23.6. The fourth-order valence-electron chi connectivity index (χ4n) is 6.30. The summed E-state index contributed by atoms with van der Waals surface area (Å²) in [5.41, 5.74) is 3.62. The summed E-state index contributed by atoms with van der Waals surface area (Å²) in [6.07, 6.45) is 13.0. The van der Waals surface area contributed by atoms with Crippen molar-refractivity contribution in [3.8, 4) is 0 Å². The molecule has 0 fully saturated rings. The Kier molecular flexibility index (Phi) is 10.2. The predicted octanol–water partition coefficient (Wildman–Crippen LogP) is 9.37. The van der Waals surface area contributed by atoms with Crippen molar-refractivity contribution < 1.29 is 0 Å². The summed E-state index contributed by atoms with van der Waals surface area (Å²) in [7, 11) is 0. The molecule has 4 rings (SSSR count). The van der Waals surface area contributed by atoms with Gasteiger partial charge in [0.1, 0.15) is 0 Å². The standard InChI is InChI=1S/C22H19N2.3C4H9.Sn/c1-4-10-19(11-5-1)22(24-17-16-23-18-24,20-12-6-2-7-13-20)21-14-8-3-9-15-21;3*1-3-4-2;/h1-17H,18H2;3*1,3-4H2,2H3;/q-1;;;;+1.